The van der Waals surface area contributed by atoms with E-state index in [9.17, 15) is 10.1 Å². The van der Waals surface area contributed by atoms with Crippen molar-refractivity contribution >= 4 is 28.0 Å². The van der Waals surface area contributed by atoms with Crippen LogP contribution in [0.5, 0.6) is 0 Å². The zero-order chi connectivity index (χ0) is 17.6. The Labute approximate surface area is 145 Å². The first-order valence-electron chi connectivity index (χ1n) is 8.24. The van der Waals surface area contributed by atoms with Crippen LogP contribution in [-0.2, 0) is 0 Å². The van der Waals surface area contributed by atoms with Gasteiger partial charge in [-0.15, -0.1) is 0 Å². The van der Waals surface area contributed by atoms with Crippen LogP contribution in [-0.4, -0.2) is 25.1 Å². The van der Waals surface area contributed by atoms with E-state index < -0.39 is 0 Å². The number of H-pyrrole nitrogens is 1. The molecule has 124 valence electrons. The quantitative estimate of drug-likeness (QED) is 0.743. The molecule has 2 aromatic carbocycles. The Morgan fingerprint density at radius 2 is 1.92 bits per heavy atom. The summed E-state index contributed by atoms with van der Waals surface area (Å²) in [4.78, 5) is 19.3. The monoisotopic (exact) mass is 330 g/mol. The first kappa shape index (κ1) is 15.3. The van der Waals surface area contributed by atoms with Gasteiger partial charge >= 0.3 is 0 Å². The van der Waals surface area contributed by atoms with E-state index in [4.69, 9.17) is 0 Å². The third-order valence-corrected chi connectivity index (χ3v) is 4.81. The van der Waals surface area contributed by atoms with Crippen LogP contribution in [0.15, 0.2) is 47.3 Å². The number of anilines is 3. The third kappa shape index (κ3) is 2.43. The van der Waals surface area contributed by atoms with Gasteiger partial charge in [0.25, 0.3) is 5.56 Å². The minimum atomic E-state index is -0.0600. The Balaban J connectivity index is 1.96. The van der Waals surface area contributed by atoms with Crippen molar-refractivity contribution < 1.29 is 0 Å². The number of hydrogen-bond acceptors (Lipinski definition) is 4. The van der Waals surface area contributed by atoms with Crippen molar-refractivity contribution in [3.63, 3.8) is 0 Å². The molecule has 0 atom stereocenters. The molecule has 2 heterocycles. The molecule has 0 amide bonds. The number of nitriles is 1. The van der Waals surface area contributed by atoms with E-state index in [0.29, 0.717) is 11.1 Å². The average molecular weight is 330 g/mol. The molecular weight excluding hydrogens is 312 g/mol. The summed E-state index contributed by atoms with van der Waals surface area (Å²) in [6, 6.07) is 15.9. The van der Waals surface area contributed by atoms with Gasteiger partial charge in [-0.05, 0) is 43.3 Å². The van der Waals surface area contributed by atoms with Gasteiger partial charge < -0.3 is 14.8 Å². The van der Waals surface area contributed by atoms with Crippen molar-refractivity contribution in [1.82, 2.24) is 4.98 Å². The Morgan fingerprint density at radius 3 is 2.72 bits per heavy atom. The zero-order valence-electron chi connectivity index (χ0n) is 14.2. The van der Waals surface area contributed by atoms with Crippen LogP contribution in [0.3, 0.4) is 0 Å². The van der Waals surface area contributed by atoms with Crippen molar-refractivity contribution in [2.75, 3.05) is 29.9 Å². The molecule has 0 saturated carbocycles. The fourth-order valence-electron chi connectivity index (χ4n) is 3.43. The Hall–Kier alpha value is -3.26. The molecule has 1 aromatic heterocycles. The molecule has 4 rings (SSSR count). The lowest BCUT2D eigenvalue weighted by Gasteiger charge is -2.37. The van der Waals surface area contributed by atoms with E-state index in [1.165, 1.54) is 0 Å². The topological polar surface area (TPSA) is 63.1 Å². The Kier molecular flexibility index (Phi) is 3.47. The molecule has 1 aliphatic heterocycles. The van der Waals surface area contributed by atoms with E-state index in [1.54, 1.807) is 0 Å². The van der Waals surface area contributed by atoms with Gasteiger partial charge in [0.05, 0.1) is 34.2 Å². The largest absolute Gasteiger partial charge is 0.371 e. The summed E-state index contributed by atoms with van der Waals surface area (Å²) < 4.78 is 0. The van der Waals surface area contributed by atoms with Gasteiger partial charge in [-0.2, -0.15) is 5.26 Å². The van der Waals surface area contributed by atoms with Crippen molar-refractivity contribution in [2.45, 2.75) is 6.92 Å². The second-order valence-corrected chi connectivity index (χ2v) is 6.41. The molecule has 1 N–H and O–H groups in total. The first-order chi connectivity index (χ1) is 12.1. The van der Waals surface area contributed by atoms with Gasteiger partial charge in [-0.1, -0.05) is 6.07 Å². The summed E-state index contributed by atoms with van der Waals surface area (Å²) in [5, 5.41) is 10.3. The zero-order valence-corrected chi connectivity index (χ0v) is 14.2. The molecule has 0 aliphatic carbocycles. The molecule has 5 nitrogen and oxygen atoms in total. The summed E-state index contributed by atoms with van der Waals surface area (Å²) in [5.74, 6) is 0. The number of aryl methyl sites for hydroxylation is 1. The Morgan fingerprint density at radius 1 is 1.08 bits per heavy atom. The predicted octanol–water partition coefficient (Wildman–Crippen LogP) is 3.30. The number of hydrogen-bond donors (Lipinski definition) is 1. The summed E-state index contributed by atoms with van der Waals surface area (Å²) in [6.45, 7) is 3.52. The molecular formula is C20H18N4O. The van der Waals surface area contributed by atoms with E-state index in [1.807, 2.05) is 43.3 Å². The van der Waals surface area contributed by atoms with E-state index in [2.05, 4.69) is 34.0 Å². The minimum absolute atomic E-state index is 0.0600. The maximum atomic E-state index is 11.9. The molecule has 3 aromatic rings. The fourth-order valence-corrected chi connectivity index (χ4v) is 3.43. The predicted molar refractivity (Wildman–Crippen MR) is 101 cm³/mol. The van der Waals surface area contributed by atoms with Crippen molar-refractivity contribution in [3.05, 3.63) is 63.9 Å². The molecule has 1 aliphatic rings. The average Bonchev–Trinajstić information content (AvgIpc) is 2.62. The summed E-state index contributed by atoms with van der Waals surface area (Å²) >= 11 is 0. The number of pyridine rings is 1. The van der Waals surface area contributed by atoms with Gasteiger partial charge in [0.2, 0.25) is 0 Å². The van der Waals surface area contributed by atoms with Crippen LogP contribution >= 0.6 is 0 Å². The van der Waals surface area contributed by atoms with Gasteiger partial charge in [0, 0.05) is 31.1 Å². The minimum Gasteiger partial charge on any atom is -0.371 e. The highest BCUT2D eigenvalue weighted by Crippen LogP contribution is 2.40. The molecule has 0 spiro atoms. The lowest BCUT2D eigenvalue weighted by Crippen LogP contribution is -2.36. The van der Waals surface area contributed by atoms with Crippen LogP contribution in [0, 0.1) is 18.3 Å². The standard InChI is InChI=1S/C20H18N4O/c1-13-10-15-16(22-20(13)25)4-3-5-17(15)24-9-8-23(2)18-7-6-14(12-21)11-19(18)24/h3-7,10-11H,8-9H2,1-2H3,(H,22,25). The number of rotatable bonds is 1. The number of fused-ring (bicyclic) bond motifs is 2. The summed E-state index contributed by atoms with van der Waals surface area (Å²) in [5.41, 5.74) is 5.26. The molecule has 25 heavy (non-hydrogen) atoms. The number of aromatic amines is 1. The maximum absolute atomic E-state index is 11.9. The fraction of sp³-hybridized carbons (Fsp3) is 0.200. The number of nitrogens with one attached hydrogen (secondary N) is 1. The summed E-state index contributed by atoms with van der Waals surface area (Å²) in [6.07, 6.45) is 0. The normalized spacial score (nSPS) is 13.6. The van der Waals surface area contributed by atoms with Crippen LogP contribution in [0.2, 0.25) is 0 Å². The highest BCUT2D eigenvalue weighted by atomic mass is 16.1. The number of aromatic nitrogens is 1. The van der Waals surface area contributed by atoms with Crippen molar-refractivity contribution in [1.29, 1.82) is 5.26 Å². The number of benzene rings is 2. The second kappa shape index (κ2) is 5.67. The van der Waals surface area contributed by atoms with Gasteiger partial charge in [-0.3, -0.25) is 4.79 Å². The lowest BCUT2D eigenvalue weighted by molar-refractivity contribution is 0.823. The molecule has 0 saturated heterocycles. The van der Waals surface area contributed by atoms with Crippen LogP contribution in [0.4, 0.5) is 17.1 Å². The Bertz CT molecular complexity index is 1080. The van der Waals surface area contributed by atoms with Crippen molar-refractivity contribution in [2.24, 2.45) is 0 Å². The van der Waals surface area contributed by atoms with E-state index in [0.717, 1.165) is 41.1 Å². The van der Waals surface area contributed by atoms with Gasteiger partial charge in [0.15, 0.2) is 0 Å². The second-order valence-electron chi connectivity index (χ2n) is 6.41. The summed E-state index contributed by atoms with van der Waals surface area (Å²) in [7, 11) is 2.06. The van der Waals surface area contributed by atoms with E-state index in [-0.39, 0.29) is 5.56 Å². The van der Waals surface area contributed by atoms with E-state index >= 15 is 0 Å². The lowest BCUT2D eigenvalue weighted by atomic mass is 10.1. The molecule has 0 radical (unpaired) electrons. The van der Waals surface area contributed by atoms with Gasteiger partial charge in [-0.25, -0.2) is 0 Å². The molecule has 0 unspecified atom stereocenters. The van der Waals surface area contributed by atoms with Crippen LogP contribution in [0.1, 0.15) is 11.1 Å². The van der Waals surface area contributed by atoms with Crippen LogP contribution in [0.25, 0.3) is 10.9 Å². The van der Waals surface area contributed by atoms with Crippen LogP contribution < -0.4 is 15.4 Å². The first-order valence-corrected chi connectivity index (χ1v) is 8.24. The molecule has 0 fully saturated rings. The highest BCUT2D eigenvalue weighted by Gasteiger charge is 2.23. The SMILES string of the molecule is Cc1cc2c(N3CCN(C)c4ccc(C#N)cc43)cccc2[nH]c1=O. The number of nitrogens with zero attached hydrogens (tertiary/aromatic N) is 3. The highest BCUT2D eigenvalue weighted by molar-refractivity contribution is 5.96. The van der Waals surface area contributed by atoms with Crippen molar-refractivity contribution in [3.8, 4) is 6.07 Å². The van der Waals surface area contributed by atoms with Gasteiger partial charge in [0.1, 0.15) is 0 Å². The third-order valence-electron chi connectivity index (χ3n) is 4.81. The molecule has 0 bridgehead atoms. The maximum Gasteiger partial charge on any atom is 0.251 e. The number of likely N-dealkylation sites (N-methyl/N-ethyl adjacent to an activating group) is 1. The smallest absolute Gasteiger partial charge is 0.251 e. The molecule has 5 heteroatoms.